The highest BCUT2D eigenvalue weighted by Crippen LogP contribution is 2.62. The Morgan fingerprint density at radius 3 is 2.12 bits per heavy atom. The molecule has 0 radical (unpaired) electrons. The summed E-state index contributed by atoms with van der Waals surface area (Å²) in [6.45, 7) is 26.3. The van der Waals surface area contributed by atoms with E-state index in [2.05, 4.69) is 92.9 Å². The molecule has 0 aliphatic heterocycles. The second-order valence-electron chi connectivity index (χ2n) is 15.1. The lowest BCUT2D eigenvalue weighted by Crippen LogP contribution is -2.50. The first-order valence-corrected chi connectivity index (χ1v) is 19.8. The van der Waals surface area contributed by atoms with Crippen molar-refractivity contribution in [3.63, 3.8) is 0 Å². The number of aryl methyl sites for hydroxylation is 1. The van der Waals surface area contributed by atoms with Crippen LogP contribution in [0.15, 0.2) is 18.2 Å². The average Bonchev–Trinajstić information content (AvgIpc) is 3.01. The van der Waals surface area contributed by atoms with E-state index >= 15 is 0 Å². The molecule has 3 aliphatic rings. The van der Waals surface area contributed by atoms with Crippen molar-refractivity contribution in [3.05, 3.63) is 29.3 Å². The number of fused-ring (bicyclic) bond motifs is 5. The standard InChI is InChI=1S/C30H52O2Si2/c1-28(2,3)33(8,9)31-22-13-15-23-21(20-22)12-14-25-24(23)18-19-30(7)26(25)16-17-27(30)32-34(10,11)29(4,5)6/h13,15,20,24-27H,12,14,16-19H2,1-11H3. The van der Waals surface area contributed by atoms with Crippen LogP contribution >= 0.6 is 0 Å². The Balaban J connectivity index is 1.53. The van der Waals surface area contributed by atoms with Gasteiger partial charge in [-0.3, -0.25) is 0 Å². The molecular weight excluding hydrogens is 449 g/mol. The highest BCUT2D eigenvalue weighted by molar-refractivity contribution is 6.75. The molecule has 2 fully saturated rings. The van der Waals surface area contributed by atoms with Crippen LogP contribution in [0.1, 0.15) is 97.6 Å². The number of hydrogen-bond donors (Lipinski definition) is 0. The normalized spacial score (nSPS) is 32.1. The molecule has 0 heterocycles. The van der Waals surface area contributed by atoms with Gasteiger partial charge in [-0.15, -0.1) is 0 Å². The number of rotatable bonds is 4. The Morgan fingerprint density at radius 1 is 0.853 bits per heavy atom. The van der Waals surface area contributed by atoms with Gasteiger partial charge in [0.15, 0.2) is 8.32 Å². The molecule has 0 saturated heterocycles. The maximum atomic E-state index is 7.10. The first-order valence-electron chi connectivity index (χ1n) is 14.0. The highest BCUT2D eigenvalue weighted by Gasteiger charge is 2.57. The summed E-state index contributed by atoms with van der Waals surface area (Å²) in [4.78, 5) is 0. The first-order chi connectivity index (χ1) is 15.5. The Morgan fingerprint density at radius 2 is 1.50 bits per heavy atom. The van der Waals surface area contributed by atoms with Crippen LogP contribution in [-0.2, 0) is 10.8 Å². The molecule has 34 heavy (non-hydrogen) atoms. The van der Waals surface area contributed by atoms with E-state index < -0.39 is 16.6 Å². The fraction of sp³-hybridized carbons (Fsp3) is 0.800. The summed E-state index contributed by atoms with van der Waals surface area (Å²) < 4.78 is 13.8. The maximum Gasteiger partial charge on any atom is 0.250 e. The fourth-order valence-corrected chi connectivity index (χ4v) is 9.22. The molecule has 0 aromatic heterocycles. The summed E-state index contributed by atoms with van der Waals surface area (Å²) >= 11 is 0. The molecule has 192 valence electrons. The number of benzene rings is 1. The third-order valence-electron chi connectivity index (χ3n) is 11.0. The van der Waals surface area contributed by atoms with E-state index in [4.69, 9.17) is 8.85 Å². The molecule has 5 unspecified atom stereocenters. The van der Waals surface area contributed by atoms with Crippen molar-refractivity contribution in [1.82, 2.24) is 0 Å². The molecule has 2 nitrogen and oxygen atoms in total. The summed E-state index contributed by atoms with van der Waals surface area (Å²) in [7, 11) is -3.55. The SMILES string of the molecule is CC12CCC3c4ccc(O[Si](C)(C)C(C)(C)C)cc4CCC3C1CCC2O[Si](C)(C)C(C)(C)C. The zero-order chi connectivity index (χ0) is 25.3. The van der Waals surface area contributed by atoms with Gasteiger partial charge in [-0.25, -0.2) is 0 Å². The van der Waals surface area contributed by atoms with Gasteiger partial charge in [0, 0.05) is 0 Å². The molecule has 1 aromatic rings. The van der Waals surface area contributed by atoms with Gasteiger partial charge in [-0.2, -0.15) is 0 Å². The molecule has 1 aromatic carbocycles. The van der Waals surface area contributed by atoms with E-state index in [1.165, 1.54) is 38.5 Å². The van der Waals surface area contributed by atoms with E-state index in [9.17, 15) is 0 Å². The lowest BCUT2D eigenvalue weighted by Gasteiger charge is -2.52. The molecule has 3 aliphatic carbocycles. The van der Waals surface area contributed by atoms with Crippen molar-refractivity contribution >= 4 is 16.6 Å². The van der Waals surface area contributed by atoms with Gasteiger partial charge in [0.25, 0.3) is 0 Å². The molecule has 4 rings (SSSR count). The van der Waals surface area contributed by atoms with Crippen LogP contribution in [0.3, 0.4) is 0 Å². The Kier molecular flexibility index (Phi) is 6.60. The van der Waals surface area contributed by atoms with E-state index in [1.807, 2.05) is 0 Å². The summed E-state index contributed by atoms with van der Waals surface area (Å²) in [5, 5.41) is 0.514. The molecule has 0 bridgehead atoms. The maximum absolute atomic E-state index is 7.10. The predicted molar refractivity (Wildman–Crippen MR) is 151 cm³/mol. The van der Waals surface area contributed by atoms with Crippen LogP contribution in [0.4, 0.5) is 0 Å². The third kappa shape index (κ3) is 4.49. The van der Waals surface area contributed by atoms with Gasteiger partial charge in [0.1, 0.15) is 5.75 Å². The predicted octanol–water partition coefficient (Wildman–Crippen LogP) is 9.32. The topological polar surface area (TPSA) is 18.5 Å². The van der Waals surface area contributed by atoms with Crippen molar-refractivity contribution < 1.29 is 8.85 Å². The fourth-order valence-electron chi connectivity index (χ4n) is 6.75. The van der Waals surface area contributed by atoms with Crippen molar-refractivity contribution in [3.8, 4) is 5.75 Å². The van der Waals surface area contributed by atoms with Gasteiger partial charge in [-0.1, -0.05) is 54.5 Å². The van der Waals surface area contributed by atoms with Gasteiger partial charge < -0.3 is 8.85 Å². The minimum absolute atomic E-state index is 0.229. The second-order valence-corrected chi connectivity index (χ2v) is 24.6. The van der Waals surface area contributed by atoms with Gasteiger partial charge in [-0.05, 0) is 121 Å². The van der Waals surface area contributed by atoms with E-state index in [-0.39, 0.29) is 10.1 Å². The highest BCUT2D eigenvalue weighted by atomic mass is 28.4. The largest absolute Gasteiger partial charge is 0.543 e. The van der Waals surface area contributed by atoms with Crippen molar-refractivity contribution in [2.24, 2.45) is 17.3 Å². The smallest absolute Gasteiger partial charge is 0.250 e. The van der Waals surface area contributed by atoms with Crippen LogP contribution in [0, 0.1) is 17.3 Å². The van der Waals surface area contributed by atoms with Crippen molar-refractivity contribution in [1.29, 1.82) is 0 Å². The van der Waals surface area contributed by atoms with Crippen LogP contribution in [-0.4, -0.2) is 22.7 Å². The van der Waals surface area contributed by atoms with Gasteiger partial charge >= 0.3 is 0 Å². The van der Waals surface area contributed by atoms with E-state index in [0.717, 1.165) is 23.5 Å². The third-order valence-corrected chi connectivity index (χ3v) is 19.9. The lowest BCUT2D eigenvalue weighted by molar-refractivity contribution is -0.0164. The van der Waals surface area contributed by atoms with Gasteiger partial charge in [0.05, 0.1) is 6.10 Å². The lowest BCUT2D eigenvalue weighted by atomic mass is 9.55. The Hall–Kier alpha value is -0.586. The quantitative estimate of drug-likeness (QED) is 0.383. The first kappa shape index (κ1) is 26.5. The zero-order valence-electron chi connectivity index (χ0n) is 24.1. The summed E-state index contributed by atoms with van der Waals surface area (Å²) in [6, 6.07) is 7.13. The minimum atomic E-state index is -1.80. The Labute approximate surface area is 212 Å². The molecule has 0 spiro atoms. The summed E-state index contributed by atoms with van der Waals surface area (Å²) in [5.74, 6) is 3.48. The molecule has 5 atom stereocenters. The summed E-state index contributed by atoms with van der Waals surface area (Å²) in [6.07, 6.45) is 8.28. The van der Waals surface area contributed by atoms with Crippen LogP contribution in [0.5, 0.6) is 5.75 Å². The number of hydrogen-bond acceptors (Lipinski definition) is 2. The van der Waals surface area contributed by atoms with Crippen molar-refractivity contribution in [2.75, 3.05) is 0 Å². The van der Waals surface area contributed by atoms with Crippen LogP contribution in [0.25, 0.3) is 0 Å². The van der Waals surface area contributed by atoms with Crippen LogP contribution in [0.2, 0.25) is 36.3 Å². The molecule has 0 amide bonds. The molecule has 0 N–H and O–H groups in total. The molecule has 4 heteroatoms. The molecule has 2 saturated carbocycles. The summed E-state index contributed by atoms with van der Waals surface area (Å²) in [5.41, 5.74) is 3.56. The monoisotopic (exact) mass is 500 g/mol. The zero-order valence-corrected chi connectivity index (χ0v) is 26.1. The van der Waals surface area contributed by atoms with E-state index in [1.54, 1.807) is 11.1 Å². The minimum Gasteiger partial charge on any atom is -0.543 e. The Bertz CT molecular complexity index is 907. The van der Waals surface area contributed by atoms with Crippen molar-refractivity contribution in [2.45, 2.75) is 135 Å². The van der Waals surface area contributed by atoms with Crippen LogP contribution < -0.4 is 4.43 Å². The molecular formula is C30H52O2Si2. The van der Waals surface area contributed by atoms with Gasteiger partial charge in [0.2, 0.25) is 8.32 Å². The second kappa shape index (κ2) is 8.48. The average molecular weight is 501 g/mol. The van der Waals surface area contributed by atoms with E-state index in [0.29, 0.717) is 11.5 Å².